The summed E-state index contributed by atoms with van der Waals surface area (Å²) >= 11 is 5.98. The number of hydrogen-bond acceptors (Lipinski definition) is 4. The zero-order chi connectivity index (χ0) is 16.2. The van der Waals surface area contributed by atoms with Crippen molar-refractivity contribution in [1.29, 1.82) is 0 Å². The number of nitrogen functional groups attached to an aromatic ring is 1. The minimum atomic E-state index is -0.375. The van der Waals surface area contributed by atoms with Crippen LogP contribution in [0.15, 0.2) is 48.8 Å². The molecule has 0 unspecified atom stereocenters. The van der Waals surface area contributed by atoms with Crippen molar-refractivity contribution in [2.45, 2.75) is 12.6 Å². The Labute approximate surface area is 137 Å². The number of nitrogens with zero attached hydrogens (tertiary/aromatic N) is 3. The highest BCUT2D eigenvalue weighted by Gasteiger charge is 2.21. The van der Waals surface area contributed by atoms with Gasteiger partial charge in [0.1, 0.15) is 10.7 Å². The van der Waals surface area contributed by atoms with Crippen LogP contribution in [0.2, 0.25) is 5.02 Å². The number of aromatic nitrogens is 4. The maximum atomic E-state index is 12.4. The van der Waals surface area contributed by atoms with Crippen molar-refractivity contribution < 1.29 is 4.79 Å². The number of nitrogens with one attached hydrogen (secondary N) is 2. The Morgan fingerprint density at radius 3 is 2.74 bits per heavy atom. The van der Waals surface area contributed by atoms with Crippen LogP contribution < -0.4 is 11.1 Å². The zero-order valence-corrected chi connectivity index (χ0v) is 12.9. The van der Waals surface area contributed by atoms with Gasteiger partial charge in [0.05, 0.1) is 12.6 Å². The first-order valence-corrected chi connectivity index (χ1v) is 7.35. The summed E-state index contributed by atoms with van der Waals surface area (Å²) in [7, 11) is 0. The lowest BCUT2D eigenvalue weighted by Gasteiger charge is -2.19. The Morgan fingerprint density at radius 1 is 1.35 bits per heavy atom. The molecular weight excluding hydrogens is 316 g/mol. The molecule has 0 fully saturated rings. The van der Waals surface area contributed by atoms with E-state index < -0.39 is 0 Å². The molecule has 0 aliphatic heterocycles. The first-order valence-electron chi connectivity index (χ1n) is 6.97. The van der Waals surface area contributed by atoms with Crippen molar-refractivity contribution >= 4 is 23.3 Å². The van der Waals surface area contributed by atoms with Gasteiger partial charge in [0, 0.05) is 12.4 Å². The van der Waals surface area contributed by atoms with Gasteiger partial charge in [0.15, 0.2) is 5.82 Å². The molecule has 1 amide bonds. The number of carbonyl (C=O) groups is 1. The van der Waals surface area contributed by atoms with Crippen LogP contribution in [0, 0.1) is 0 Å². The molecule has 2 aromatic heterocycles. The van der Waals surface area contributed by atoms with Gasteiger partial charge in [-0.15, -0.1) is 0 Å². The second kappa shape index (κ2) is 6.53. The second-order valence-corrected chi connectivity index (χ2v) is 5.34. The Bertz CT molecular complexity index is 784. The zero-order valence-electron chi connectivity index (χ0n) is 12.1. The summed E-state index contributed by atoms with van der Waals surface area (Å²) in [4.78, 5) is 12.4. The first-order chi connectivity index (χ1) is 11.1. The maximum Gasteiger partial charge on any atom is 0.271 e. The third-order valence-electron chi connectivity index (χ3n) is 3.40. The number of amides is 1. The van der Waals surface area contributed by atoms with Crippen molar-refractivity contribution in [3.05, 3.63) is 65.1 Å². The van der Waals surface area contributed by atoms with Crippen molar-refractivity contribution in [3.63, 3.8) is 0 Å². The van der Waals surface area contributed by atoms with E-state index in [9.17, 15) is 4.79 Å². The van der Waals surface area contributed by atoms with Gasteiger partial charge < -0.3 is 11.1 Å². The van der Waals surface area contributed by atoms with Gasteiger partial charge in [0.25, 0.3) is 5.91 Å². The van der Waals surface area contributed by atoms with Crippen LogP contribution in [0.4, 0.5) is 5.82 Å². The number of anilines is 1. The van der Waals surface area contributed by atoms with Crippen LogP contribution >= 0.6 is 11.6 Å². The average molecular weight is 331 g/mol. The van der Waals surface area contributed by atoms with Crippen molar-refractivity contribution in [2.24, 2.45) is 0 Å². The lowest BCUT2D eigenvalue weighted by atomic mass is 10.1. The largest absolute Gasteiger partial charge is 0.381 e. The second-order valence-electron chi connectivity index (χ2n) is 4.96. The number of benzene rings is 1. The number of rotatable bonds is 5. The summed E-state index contributed by atoms with van der Waals surface area (Å²) in [6.45, 7) is 0.490. The molecule has 1 atom stereocenters. The average Bonchev–Trinajstić information content (AvgIpc) is 3.18. The van der Waals surface area contributed by atoms with Gasteiger partial charge >= 0.3 is 0 Å². The van der Waals surface area contributed by atoms with Crippen molar-refractivity contribution in [1.82, 2.24) is 25.3 Å². The fraction of sp³-hybridized carbons (Fsp3) is 0.133. The normalized spacial score (nSPS) is 12.0. The first kappa shape index (κ1) is 15.1. The number of nitrogens with two attached hydrogens (primary N) is 1. The highest BCUT2D eigenvalue weighted by Crippen LogP contribution is 2.21. The van der Waals surface area contributed by atoms with Crippen LogP contribution in [0.25, 0.3) is 0 Å². The van der Waals surface area contributed by atoms with E-state index >= 15 is 0 Å². The molecule has 0 bridgehead atoms. The molecule has 0 saturated carbocycles. The molecule has 0 radical (unpaired) electrons. The maximum absolute atomic E-state index is 12.4. The van der Waals surface area contributed by atoms with Crippen LogP contribution in [0.3, 0.4) is 0 Å². The highest BCUT2D eigenvalue weighted by molar-refractivity contribution is 6.35. The van der Waals surface area contributed by atoms with Gasteiger partial charge in [-0.1, -0.05) is 41.9 Å². The fourth-order valence-corrected chi connectivity index (χ4v) is 2.41. The van der Waals surface area contributed by atoms with Gasteiger partial charge in [0.2, 0.25) is 0 Å². The van der Waals surface area contributed by atoms with E-state index in [1.165, 1.54) is 0 Å². The molecule has 0 aliphatic carbocycles. The molecule has 0 aliphatic rings. The Kier molecular flexibility index (Phi) is 4.29. The lowest BCUT2D eigenvalue weighted by Crippen LogP contribution is -2.32. The topological polar surface area (TPSA) is 102 Å². The molecule has 0 saturated heterocycles. The molecule has 4 N–H and O–H groups in total. The van der Waals surface area contributed by atoms with Crippen LogP contribution in [0.1, 0.15) is 22.1 Å². The van der Waals surface area contributed by atoms with E-state index in [1.54, 1.807) is 10.9 Å². The van der Waals surface area contributed by atoms with Gasteiger partial charge in [-0.2, -0.15) is 10.2 Å². The molecular formula is C15H15ClN6O. The molecule has 3 rings (SSSR count). The predicted octanol–water partition coefficient (Wildman–Crippen LogP) is 2.01. The van der Waals surface area contributed by atoms with Gasteiger partial charge in [-0.3, -0.25) is 14.6 Å². The molecule has 118 valence electrons. The Hall–Kier alpha value is -2.80. The van der Waals surface area contributed by atoms with E-state index in [0.717, 1.165) is 5.56 Å². The Balaban J connectivity index is 1.83. The van der Waals surface area contributed by atoms with Gasteiger partial charge in [-0.05, 0) is 11.6 Å². The Morgan fingerprint density at radius 2 is 2.13 bits per heavy atom. The summed E-state index contributed by atoms with van der Waals surface area (Å²) < 4.78 is 1.75. The summed E-state index contributed by atoms with van der Waals surface area (Å²) in [6.07, 6.45) is 3.53. The predicted molar refractivity (Wildman–Crippen MR) is 86.9 cm³/mol. The number of hydrogen-bond donors (Lipinski definition) is 3. The van der Waals surface area contributed by atoms with Gasteiger partial charge in [-0.25, -0.2) is 0 Å². The summed E-state index contributed by atoms with van der Waals surface area (Å²) in [5.74, 6) is -0.277. The van der Waals surface area contributed by atoms with Crippen molar-refractivity contribution in [3.8, 4) is 0 Å². The molecule has 2 heterocycles. The van der Waals surface area contributed by atoms with E-state index in [2.05, 4.69) is 20.6 Å². The van der Waals surface area contributed by atoms with E-state index in [1.807, 2.05) is 42.6 Å². The summed E-state index contributed by atoms with van der Waals surface area (Å²) in [5.41, 5.74) is 6.66. The minimum Gasteiger partial charge on any atom is -0.381 e. The highest BCUT2D eigenvalue weighted by atomic mass is 35.5. The quantitative estimate of drug-likeness (QED) is 0.666. The monoisotopic (exact) mass is 330 g/mol. The molecule has 8 heteroatoms. The molecule has 1 aromatic carbocycles. The number of halogens is 1. The van der Waals surface area contributed by atoms with Crippen LogP contribution in [-0.4, -0.2) is 25.9 Å². The summed E-state index contributed by atoms with van der Waals surface area (Å²) in [5, 5.41) is 13.5. The number of carbonyl (C=O) groups excluding carboxylic acids is 1. The number of H-pyrrole nitrogens is 1. The number of aromatic amines is 1. The van der Waals surface area contributed by atoms with E-state index in [-0.39, 0.29) is 28.5 Å². The molecule has 7 nitrogen and oxygen atoms in total. The smallest absolute Gasteiger partial charge is 0.271 e. The SMILES string of the molecule is Nc1n[nH]c(C(=O)N[C@H](Cn2cccn2)c2ccccc2)c1Cl. The van der Waals surface area contributed by atoms with E-state index in [0.29, 0.717) is 6.54 Å². The minimum absolute atomic E-state index is 0.0974. The van der Waals surface area contributed by atoms with Crippen LogP contribution in [-0.2, 0) is 6.54 Å². The standard InChI is InChI=1S/C15H15ClN6O/c16-12-13(20-21-14(12)17)15(23)19-11(9-22-8-4-7-18-22)10-5-2-1-3-6-10/h1-8,11H,9H2,(H,19,23)(H3,17,20,21)/t11-/m1/s1. The molecule has 23 heavy (non-hydrogen) atoms. The third-order valence-corrected chi connectivity index (χ3v) is 3.78. The van der Waals surface area contributed by atoms with Crippen molar-refractivity contribution in [2.75, 3.05) is 5.73 Å². The summed E-state index contributed by atoms with van der Waals surface area (Å²) in [6, 6.07) is 11.2. The van der Waals surface area contributed by atoms with Crippen LogP contribution in [0.5, 0.6) is 0 Å². The molecule has 0 spiro atoms. The lowest BCUT2D eigenvalue weighted by molar-refractivity contribution is 0.0927. The molecule has 3 aromatic rings. The third kappa shape index (κ3) is 3.35. The fourth-order valence-electron chi connectivity index (χ4n) is 2.24. The van der Waals surface area contributed by atoms with E-state index in [4.69, 9.17) is 17.3 Å².